The third kappa shape index (κ3) is 7.45. The fourth-order valence-electron chi connectivity index (χ4n) is 3.07. The maximum absolute atomic E-state index is 11.8. The van der Waals surface area contributed by atoms with Crippen molar-refractivity contribution in [3.05, 3.63) is 23.8 Å². The summed E-state index contributed by atoms with van der Waals surface area (Å²) in [4.78, 5) is 20.5. The van der Waals surface area contributed by atoms with Gasteiger partial charge >= 0.3 is 6.09 Å². The fraction of sp³-hybridized carbons (Fsp3) is 0.600. The Morgan fingerprint density at radius 1 is 1.07 bits per heavy atom. The molecular formula is C20H33IN4O4. The topological polar surface area (TPSA) is 75.6 Å². The van der Waals surface area contributed by atoms with E-state index < -0.39 is 0 Å². The summed E-state index contributed by atoms with van der Waals surface area (Å²) in [6.07, 6.45) is 0.565. The van der Waals surface area contributed by atoms with Gasteiger partial charge in [-0.25, -0.2) is 4.79 Å². The van der Waals surface area contributed by atoms with Crippen LogP contribution in [-0.4, -0.2) is 81.9 Å². The molecule has 0 spiro atoms. The first kappa shape index (κ1) is 25.1. The lowest BCUT2D eigenvalue weighted by Crippen LogP contribution is -2.54. The number of ether oxygens (including phenoxy) is 3. The van der Waals surface area contributed by atoms with E-state index in [1.807, 2.05) is 25.1 Å². The lowest BCUT2D eigenvalue weighted by Gasteiger charge is -2.35. The minimum Gasteiger partial charge on any atom is -0.493 e. The number of rotatable bonds is 7. The molecule has 1 N–H and O–H groups in total. The van der Waals surface area contributed by atoms with E-state index in [0.717, 1.165) is 49.1 Å². The summed E-state index contributed by atoms with van der Waals surface area (Å²) in [6.45, 7) is 8.49. The minimum atomic E-state index is -0.238. The molecule has 1 fully saturated rings. The van der Waals surface area contributed by atoms with E-state index in [1.165, 1.54) is 0 Å². The summed E-state index contributed by atoms with van der Waals surface area (Å²) in [5.41, 5.74) is 1.14. The molecule has 1 saturated heterocycles. The van der Waals surface area contributed by atoms with Gasteiger partial charge in [0.15, 0.2) is 17.5 Å². The van der Waals surface area contributed by atoms with Crippen LogP contribution in [0.3, 0.4) is 0 Å². The number of guanidine groups is 1. The van der Waals surface area contributed by atoms with Gasteiger partial charge in [-0.05, 0) is 38.0 Å². The summed E-state index contributed by atoms with van der Waals surface area (Å²) >= 11 is 0. The van der Waals surface area contributed by atoms with Crippen molar-refractivity contribution in [3.63, 3.8) is 0 Å². The zero-order chi connectivity index (χ0) is 20.4. The number of benzene rings is 1. The molecule has 0 bridgehead atoms. The number of hydrogen-bond donors (Lipinski definition) is 1. The molecule has 0 saturated carbocycles. The molecule has 0 aliphatic carbocycles. The van der Waals surface area contributed by atoms with Gasteiger partial charge in [-0.1, -0.05) is 6.07 Å². The number of carbonyl (C=O) groups is 1. The number of nitrogens with zero attached hydrogens (tertiary/aromatic N) is 3. The number of piperazine rings is 1. The van der Waals surface area contributed by atoms with Gasteiger partial charge in [-0.15, -0.1) is 24.0 Å². The van der Waals surface area contributed by atoms with E-state index in [0.29, 0.717) is 26.2 Å². The Morgan fingerprint density at radius 2 is 1.72 bits per heavy atom. The smallest absolute Gasteiger partial charge is 0.409 e. The molecule has 1 aromatic rings. The molecule has 29 heavy (non-hydrogen) atoms. The second-order valence-electron chi connectivity index (χ2n) is 6.35. The van der Waals surface area contributed by atoms with Crippen LogP contribution in [0.2, 0.25) is 0 Å². The van der Waals surface area contributed by atoms with Crippen LogP contribution >= 0.6 is 24.0 Å². The quantitative estimate of drug-likeness (QED) is 0.339. The third-order valence-corrected chi connectivity index (χ3v) is 4.55. The van der Waals surface area contributed by atoms with E-state index in [4.69, 9.17) is 19.2 Å². The van der Waals surface area contributed by atoms with Gasteiger partial charge in [0.25, 0.3) is 0 Å². The average molecular weight is 520 g/mol. The fourth-order valence-corrected chi connectivity index (χ4v) is 3.07. The van der Waals surface area contributed by atoms with Gasteiger partial charge in [0.05, 0.1) is 20.8 Å². The highest BCUT2D eigenvalue weighted by atomic mass is 127. The van der Waals surface area contributed by atoms with Crippen LogP contribution in [0.25, 0.3) is 0 Å². The van der Waals surface area contributed by atoms with Crippen LogP contribution in [0.15, 0.2) is 23.2 Å². The molecule has 0 unspecified atom stereocenters. The first-order valence-corrected chi connectivity index (χ1v) is 9.78. The Morgan fingerprint density at radius 3 is 2.31 bits per heavy atom. The number of carbonyl (C=O) groups excluding carboxylic acids is 1. The summed E-state index contributed by atoms with van der Waals surface area (Å²) in [5, 5.41) is 3.35. The van der Waals surface area contributed by atoms with E-state index in [1.54, 1.807) is 19.1 Å². The zero-order valence-electron chi connectivity index (χ0n) is 17.8. The first-order valence-electron chi connectivity index (χ1n) is 9.78. The van der Waals surface area contributed by atoms with Gasteiger partial charge in [0, 0.05) is 39.3 Å². The van der Waals surface area contributed by atoms with E-state index in [2.05, 4.69) is 17.1 Å². The number of nitrogens with one attached hydrogen (secondary N) is 1. The molecule has 0 atom stereocenters. The van der Waals surface area contributed by atoms with Crippen LogP contribution in [0.1, 0.15) is 19.4 Å². The second kappa shape index (κ2) is 13.3. The van der Waals surface area contributed by atoms with E-state index in [9.17, 15) is 4.79 Å². The van der Waals surface area contributed by atoms with Crippen LogP contribution < -0.4 is 14.8 Å². The van der Waals surface area contributed by atoms with Crippen LogP contribution in [0.5, 0.6) is 11.5 Å². The number of hydrogen-bond acceptors (Lipinski definition) is 5. The van der Waals surface area contributed by atoms with Crippen molar-refractivity contribution in [2.75, 3.05) is 60.1 Å². The predicted molar refractivity (Wildman–Crippen MR) is 125 cm³/mol. The van der Waals surface area contributed by atoms with E-state index in [-0.39, 0.29) is 30.1 Å². The standard InChI is InChI=1S/C20H32N4O4.HI/c1-5-21-19(23-11-13-24(14-12-23)20(25)28-6-2)22-10-9-16-7-8-17(26-3)18(15-16)27-4;/h7-8,15H,5-6,9-14H2,1-4H3,(H,21,22);1H. The molecule has 1 aromatic carbocycles. The van der Waals surface area contributed by atoms with Gasteiger partial charge in [0.2, 0.25) is 0 Å². The first-order chi connectivity index (χ1) is 13.6. The molecule has 0 radical (unpaired) electrons. The Labute approximate surface area is 190 Å². The van der Waals surface area contributed by atoms with Crippen molar-refractivity contribution < 1.29 is 19.0 Å². The second-order valence-corrected chi connectivity index (χ2v) is 6.35. The Hall–Kier alpha value is -1.91. The van der Waals surface area contributed by atoms with E-state index >= 15 is 0 Å². The number of amides is 1. The number of aliphatic imine (C=N–C) groups is 1. The molecule has 8 nitrogen and oxygen atoms in total. The van der Waals surface area contributed by atoms with Crippen molar-refractivity contribution >= 4 is 36.0 Å². The highest BCUT2D eigenvalue weighted by molar-refractivity contribution is 14.0. The van der Waals surface area contributed by atoms with Crippen molar-refractivity contribution in [2.45, 2.75) is 20.3 Å². The van der Waals surface area contributed by atoms with Gasteiger partial charge < -0.3 is 29.3 Å². The largest absolute Gasteiger partial charge is 0.493 e. The van der Waals surface area contributed by atoms with Crippen molar-refractivity contribution in [1.29, 1.82) is 0 Å². The molecule has 0 aromatic heterocycles. The van der Waals surface area contributed by atoms with Crippen molar-refractivity contribution in [3.8, 4) is 11.5 Å². The summed E-state index contributed by atoms with van der Waals surface area (Å²) in [6, 6.07) is 5.93. The summed E-state index contributed by atoms with van der Waals surface area (Å²) in [5.74, 6) is 2.33. The number of halogens is 1. The zero-order valence-corrected chi connectivity index (χ0v) is 20.1. The number of methoxy groups -OCH3 is 2. The normalized spacial score (nSPS) is 14.1. The summed E-state index contributed by atoms with van der Waals surface area (Å²) < 4.78 is 15.7. The predicted octanol–water partition coefficient (Wildman–Crippen LogP) is 2.60. The molecule has 1 aliphatic rings. The Balaban J connectivity index is 0.00000420. The summed E-state index contributed by atoms with van der Waals surface area (Å²) in [7, 11) is 3.27. The maximum Gasteiger partial charge on any atom is 0.409 e. The maximum atomic E-state index is 11.8. The van der Waals surface area contributed by atoms with Crippen LogP contribution in [-0.2, 0) is 11.2 Å². The molecular weight excluding hydrogens is 487 g/mol. The monoisotopic (exact) mass is 520 g/mol. The third-order valence-electron chi connectivity index (χ3n) is 4.55. The molecule has 1 aliphatic heterocycles. The minimum absolute atomic E-state index is 0. The van der Waals surface area contributed by atoms with Crippen molar-refractivity contribution in [1.82, 2.24) is 15.1 Å². The lowest BCUT2D eigenvalue weighted by atomic mass is 10.1. The lowest BCUT2D eigenvalue weighted by molar-refractivity contribution is 0.0914. The highest BCUT2D eigenvalue weighted by Gasteiger charge is 2.23. The molecule has 9 heteroatoms. The molecule has 164 valence electrons. The molecule has 1 amide bonds. The van der Waals surface area contributed by atoms with Gasteiger partial charge in [-0.2, -0.15) is 0 Å². The van der Waals surface area contributed by atoms with Gasteiger partial charge in [0.1, 0.15) is 0 Å². The van der Waals surface area contributed by atoms with Gasteiger partial charge in [-0.3, -0.25) is 4.99 Å². The molecule has 2 rings (SSSR count). The van der Waals surface area contributed by atoms with Crippen LogP contribution in [0.4, 0.5) is 4.79 Å². The van der Waals surface area contributed by atoms with Crippen LogP contribution in [0, 0.1) is 0 Å². The Bertz CT molecular complexity index is 664. The average Bonchev–Trinajstić information content (AvgIpc) is 2.73. The molecule has 1 heterocycles. The van der Waals surface area contributed by atoms with Crippen molar-refractivity contribution in [2.24, 2.45) is 4.99 Å². The Kier molecular flexibility index (Phi) is 11.6. The SMILES string of the molecule is CCNC(=NCCc1ccc(OC)c(OC)c1)N1CCN(C(=O)OCC)CC1.I. The highest BCUT2D eigenvalue weighted by Crippen LogP contribution is 2.27.